The monoisotopic (exact) mass is 206 g/mol. The van der Waals surface area contributed by atoms with Crippen LogP contribution in [0.15, 0.2) is 30.5 Å². The van der Waals surface area contributed by atoms with Crippen molar-refractivity contribution < 1.29 is 4.79 Å². The first-order valence-corrected chi connectivity index (χ1v) is 4.41. The predicted molar refractivity (Wildman–Crippen MR) is 55.3 cm³/mol. The third-order valence-corrected chi connectivity index (χ3v) is 2.29. The van der Waals surface area contributed by atoms with Crippen molar-refractivity contribution >= 4 is 28.4 Å². The summed E-state index contributed by atoms with van der Waals surface area (Å²) >= 11 is 5.92. The lowest BCUT2D eigenvalue weighted by atomic mass is 10.1. The van der Waals surface area contributed by atoms with Crippen LogP contribution in [-0.4, -0.2) is 10.9 Å². The van der Waals surface area contributed by atoms with Gasteiger partial charge in [-0.15, -0.1) is 0 Å². The normalized spacial score (nSPS) is 10.4. The number of hydrogen-bond acceptors (Lipinski definition) is 2. The van der Waals surface area contributed by atoms with E-state index in [4.69, 9.17) is 17.3 Å². The molecule has 0 atom stereocenters. The molecule has 70 valence electrons. The summed E-state index contributed by atoms with van der Waals surface area (Å²) in [6.07, 6.45) is 1.62. The minimum absolute atomic E-state index is 0.442. The molecule has 1 aromatic heterocycles. The topological polar surface area (TPSA) is 56.0 Å². The highest BCUT2D eigenvalue weighted by molar-refractivity contribution is 6.35. The second-order valence-corrected chi connectivity index (χ2v) is 3.27. The van der Waals surface area contributed by atoms with Crippen molar-refractivity contribution in [2.45, 2.75) is 0 Å². The zero-order valence-corrected chi connectivity index (χ0v) is 7.95. The third kappa shape index (κ3) is 1.32. The summed E-state index contributed by atoms with van der Waals surface area (Å²) in [4.78, 5) is 15.2. The maximum atomic E-state index is 11.1. The first kappa shape index (κ1) is 8.97. The summed E-state index contributed by atoms with van der Waals surface area (Å²) in [5.41, 5.74) is 6.26. The van der Waals surface area contributed by atoms with Crippen LogP contribution in [-0.2, 0) is 0 Å². The van der Waals surface area contributed by atoms with Crippen LogP contribution in [0, 0.1) is 0 Å². The first-order valence-electron chi connectivity index (χ1n) is 4.03. The summed E-state index contributed by atoms with van der Waals surface area (Å²) in [6.45, 7) is 0. The zero-order chi connectivity index (χ0) is 10.1. The summed E-state index contributed by atoms with van der Waals surface area (Å²) in [5.74, 6) is -0.473. The van der Waals surface area contributed by atoms with E-state index in [0.29, 0.717) is 21.5 Å². The Kier molecular flexibility index (Phi) is 2.09. The average Bonchev–Trinajstić information content (AvgIpc) is 2.18. The van der Waals surface area contributed by atoms with Crippen LogP contribution in [0.1, 0.15) is 10.4 Å². The number of carbonyl (C=O) groups is 1. The Morgan fingerprint density at radius 3 is 2.86 bits per heavy atom. The lowest BCUT2D eigenvalue weighted by Gasteiger charge is -2.03. The molecule has 2 aromatic rings. The zero-order valence-electron chi connectivity index (χ0n) is 7.20. The lowest BCUT2D eigenvalue weighted by Crippen LogP contribution is -2.11. The van der Waals surface area contributed by atoms with Gasteiger partial charge in [0.2, 0.25) is 5.91 Å². The number of aromatic nitrogens is 1. The maximum Gasteiger partial charge on any atom is 0.249 e. The molecule has 0 aliphatic carbocycles. The van der Waals surface area contributed by atoms with E-state index in [1.807, 2.05) is 0 Å². The molecule has 14 heavy (non-hydrogen) atoms. The second-order valence-electron chi connectivity index (χ2n) is 2.86. The molecule has 2 rings (SSSR count). The van der Waals surface area contributed by atoms with Crippen molar-refractivity contribution in [1.29, 1.82) is 0 Å². The average molecular weight is 207 g/mol. The number of halogens is 1. The van der Waals surface area contributed by atoms with Crippen LogP contribution in [0.3, 0.4) is 0 Å². The van der Waals surface area contributed by atoms with Crippen LogP contribution >= 0.6 is 11.6 Å². The van der Waals surface area contributed by atoms with Crippen LogP contribution < -0.4 is 5.73 Å². The summed E-state index contributed by atoms with van der Waals surface area (Å²) in [7, 11) is 0. The van der Waals surface area contributed by atoms with Gasteiger partial charge < -0.3 is 5.73 Å². The van der Waals surface area contributed by atoms with Crippen molar-refractivity contribution in [3.05, 3.63) is 41.0 Å². The minimum Gasteiger partial charge on any atom is -0.366 e. The molecule has 0 radical (unpaired) electrons. The standard InChI is InChI=1S/C10H7ClN2O/c11-8-4-3-7(10(12)14)6-2-1-5-13-9(6)8/h1-5H,(H2,12,14). The lowest BCUT2D eigenvalue weighted by molar-refractivity contribution is 0.100. The highest BCUT2D eigenvalue weighted by atomic mass is 35.5. The van der Waals surface area contributed by atoms with E-state index >= 15 is 0 Å². The van der Waals surface area contributed by atoms with Crippen molar-refractivity contribution in [3.63, 3.8) is 0 Å². The van der Waals surface area contributed by atoms with Crippen molar-refractivity contribution in [3.8, 4) is 0 Å². The van der Waals surface area contributed by atoms with E-state index in [1.54, 1.807) is 30.5 Å². The van der Waals surface area contributed by atoms with E-state index < -0.39 is 5.91 Å². The van der Waals surface area contributed by atoms with E-state index in [2.05, 4.69) is 4.98 Å². The van der Waals surface area contributed by atoms with E-state index in [0.717, 1.165) is 0 Å². The van der Waals surface area contributed by atoms with Crippen LogP contribution in [0.5, 0.6) is 0 Å². The van der Waals surface area contributed by atoms with Gasteiger partial charge >= 0.3 is 0 Å². The number of primary amides is 1. The molecular weight excluding hydrogens is 200 g/mol. The smallest absolute Gasteiger partial charge is 0.249 e. The maximum absolute atomic E-state index is 11.1. The fourth-order valence-electron chi connectivity index (χ4n) is 1.35. The van der Waals surface area contributed by atoms with E-state index in [-0.39, 0.29) is 0 Å². The fourth-order valence-corrected chi connectivity index (χ4v) is 1.57. The molecule has 0 unspecified atom stereocenters. The molecule has 0 bridgehead atoms. The molecule has 0 aliphatic rings. The Hall–Kier alpha value is -1.61. The minimum atomic E-state index is -0.473. The number of rotatable bonds is 1. The molecule has 1 aromatic carbocycles. The summed E-state index contributed by atoms with van der Waals surface area (Å²) in [5, 5.41) is 1.21. The Morgan fingerprint density at radius 1 is 1.36 bits per heavy atom. The number of carbonyl (C=O) groups excluding carboxylic acids is 1. The van der Waals surface area contributed by atoms with Gasteiger partial charge in [-0.3, -0.25) is 9.78 Å². The SMILES string of the molecule is NC(=O)c1ccc(Cl)c2ncccc12. The Bertz CT molecular complexity index is 510. The number of nitrogens with two attached hydrogens (primary N) is 1. The molecular formula is C10H7ClN2O. The van der Waals surface area contributed by atoms with E-state index in [9.17, 15) is 4.79 Å². The number of fused-ring (bicyclic) bond motifs is 1. The molecule has 2 N–H and O–H groups in total. The molecule has 0 saturated carbocycles. The van der Waals surface area contributed by atoms with Crippen molar-refractivity contribution in [2.75, 3.05) is 0 Å². The number of pyridine rings is 1. The number of nitrogens with zero attached hydrogens (tertiary/aromatic N) is 1. The Labute approximate surface area is 85.5 Å². The van der Waals surface area contributed by atoms with Gasteiger partial charge in [0, 0.05) is 17.1 Å². The summed E-state index contributed by atoms with van der Waals surface area (Å²) < 4.78 is 0. The number of benzene rings is 1. The molecule has 1 amide bonds. The molecule has 4 heteroatoms. The molecule has 3 nitrogen and oxygen atoms in total. The second kappa shape index (κ2) is 3.27. The van der Waals surface area contributed by atoms with E-state index in [1.165, 1.54) is 0 Å². The van der Waals surface area contributed by atoms with Gasteiger partial charge in [0.1, 0.15) is 0 Å². The van der Waals surface area contributed by atoms with Gasteiger partial charge in [0.05, 0.1) is 10.5 Å². The van der Waals surface area contributed by atoms with Gasteiger partial charge in [0.15, 0.2) is 0 Å². The fraction of sp³-hybridized carbons (Fsp3) is 0. The molecule has 1 heterocycles. The molecule has 0 aliphatic heterocycles. The van der Waals surface area contributed by atoms with Crippen molar-refractivity contribution in [2.24, 2.45) is 5.73 Å². The predicted octanol–water partition coefficient (Wildman–Crippen LogP) is 1.99. The van der Waals surface area contributed by atoms with Gasteiger partial charge in [-0.05, 0) is 18.2 Å². The number of amides is 1. The van der Waals surface area contributed by atoms with Gasteiger partial charge in [-0.1, -0.05) is 17.7 Å². The first-order chi connectivity index (χ1) is 6.70. The molecule has 0 saturated heterocycles. The Balaban J connectivity index is 2.88. The summed E-state index contributed by atoms with van der Waals surface area (Å²) in [6, 6.07) is 6.74. The Morgan fingerprint density at radius 2 is 2.14 bits per heavy atom. The highest BCUT2D eigenvalue weighted by Gasteiger charge is 2.08. The van der Waals surface area contributed by atoms with Crippen molar-refractivity contribution in [1.82, 2.24) is 4.98 Å². The van der Waals surface area contributed by atoms with Gasteiger partial charge in [0.25, 0.3) is 0 Å². The van der Waals surface area contributed by atoms with Gasteiger partial charge in [-0.2, -0.15) is 0 Å². The van der Waals surface area contributed by atoms with Crippen LogP contribution in [0.25, 0.3) is 10.9 Å². The highest BCUT2D eigenvalue weighted by Crippen LogP contribution is 2.23. The van der Waals surface area contributed by atoms with Crippen LogP contribution in [0.2, 0.25) is 5.02 Å². The van der Waals surface area contributed by atoms with Crippen LogP contribution in [0.4, 0.5) is 0 Å². The quantitative estimate of drug-likeness (QED) is 0.776. The molecule has 0 spiro atoms. The number of hydrogen-bond donors (Lipinski definition) is 1. The third-order valence-electron chi connectivity index (χ3n) is 1.99. The molecule has 0 fully saturated rings. The largest absolute Gasteiger partial charge is 0.366 e. The van der Waals surface area contributed by atoms with Gasteiger partial charge in [-0.25, -0.2) is 0 Å².